The first-order chi connectivity index (χ1) is 14.9. The van der Waals surface area contributed by atoms with Gasteiger partial charge in [-0.15, -0.1) is 0 Å². The fraction of sp³-hybridized carbons (Fsp3) is 0.217. The molecule has 1 aromatic carbocycles. The molecule has 1 N–H and O–H groups in total. The number of hydrogen-bond acceptors (Lipinski definition) is 5. The molecule has 0 atom stereocenters. The molecule has 8 heteroatoms. The van der Waals surface area contributed by atoms with Crippen molar-refractivity contribution in [3.8, 4) is 11.3 Å². The van der Waals surface area contributed by atoms with Gasteiger partial charge in [0.15, 0.2) is 0 Å². The lowest BCUT2D eigenvalue weighted by Crippen LogP contribution is -2.40. The fourth-order valence-electron chi connectivity index (χ4n) is 3.38. The van der Waals surface area contributed by atoms with Crippen molar-refractivity contribution in [3.63, 3.8) is 0 Å². The van der Waals surface area contributed by atoms with E-state index in [0.29, 0.717) is 41.5 Å². The number of halogens is 1. The Morgan fingerprint density at radius 1 is 1.10 bits per heavy atom. The van der Waals surface area contributed by atoms with E-state index in [1.54, 1.807) is 36.7 Å². The molecule has 160 valence electrons. The molecule has 1 amide bonds. The summed E-state index contributed by atoms with van der Waals surface area (Å²) < 4.78 is 25.4. The molecule has 0 spiro atoms. The zero-order valence-electron chi connectivity index (χ0n) is 17.0. The number of hydrogen-bond donors (Lipinski definition) is 1. The molecule has 1 aliphatic rings. The van der Waals surface area contributed by atoms with Gasteiger partial charge in [-0.25, -0.2) is 9.37 Å². The molecule has 0 radical (unpaired) electrons. The summed E-state index contributed by atoms with van der Waals surface area (Å²) in [7, 11) is -1.94. The summed E-state index contributed by atoms with van der Waals surface area (Å²) in [6.45, 7) is 1.35. The van der Waals surface area contributed by atoms with E-state index >= 15 is 0 Å². The summed E-state index contributed by atoms with van der Waals surface area (Å²) in [5.41, 5.74) is 2.67. The highest BCUT2D eigenvalue weighted by atomic mass is 32.2. The van der Waals surface area contributed by atoms with Crippen LogP contribution in [0.2, 0.25) is 0 Å². The number of amides is 1. The summed E-state index contributed by atoms with van der Waals surface area (Å²) in [6.07, 6.45) is 3.43. The van der Waals surface area contributed by atoms with Crippen LogP contribution in [0.5, 0.6) is 0 Å². The van der Waals surface area contributed by atoms with Crippen LogP contribution in [0.4, 0.5) is 15.9 Å². The monoisotopic (exact) mass is 438 g/mol. The van der Waals surface area contributed by atoms with Gasteiger partial charge in [0, 0.05) is 36.4 Å². The number of rotatable bonds is 5. The third-order valence-corrected chi connectivity index (χ3v) is 6.99. The smallest absolute Gasteiger partial charge is 0.228 e. The van der Waals surface area contributed by atoms with Gasteiger partial charge in [0.25, 0.3) is 0 Å². The first kappa shape index (κ1) is 21.0. The van der Waals surface area contributed by atoms with Gasteiger partial charge in [0.05, 0.1) is 24.0 Å². The molecule has 1 saturated heterocycles. The van der Waals surface area contributed by atoms with Crippen molar-refractivity contribution in [1.29, 1.82) is 0 Å². The average Bonchev–Trinajstić information content (AvgIpc) is 2.75. The molecule has 3 aromatic rings. The van der Waals surface area contributed by atoms with Crippen molar-refractivity contribution in [2.45, 2.75) is 6.42 Å². The molecule has 0 aliphatic carbocycles. The van der Waals surface area contributed by atoms with E-state index in [9.17, 15) is 13.4 Å². The van der Waals surface area contributed by atoms with E-state index in [4.69, 9.17) is 0 Å². The molecule has 0 unspecified atom stereocenters. The van der Waals surface area contributed by atoms with E-state index in [1.165, 1.54) is 12.1 Å². The summed E-state index contributed by atoms with van der Waals surface area (Å²) >= 11 is 0. The largest absolute Gasteiger partial charge is 0.355 e. The quantitative estimate of drug-likeness (QED) is 0.620. The molecular weight excluding hydrogens is 415 g/mol. The van der Waals surface area contributed by atoms with Crippen LogP contribution in [-0.2, 0) is 20.7 Å². The number of benzene rings is 1. The summed E-state index contributed by atoms with van der Waals surface area (Å²) in [4.78, 5) is 23.2. The van der Waals surface area contributed by atoms with E-state index in [0.717, 1.165) is 11.4 Å². The van der Waals surface area contributed by atoms with Gasteiger partial charge in [0.2, 0.25) is 5.91 Å². The SMILES string of the molecule is C=S1(=O)CCN(c2ccc(CC(=O)Nc3ccc(-c4cccc(F)c4)nc3)cn2)CC1. The zero-order valence-corrected chi connectivity index (χ0v) is 17.8. The lowest BCUT2D eigenvalue weighted by Gasteiger charge is -2.29. The first-order valence-corrected chi connectivity index (χ1v) is 12.0. The lowest BCUT2D eigenvalue weighted by atomic mass is 10.1. The third kappa shape index (κ3) is 5.46. The lowest BCUT2D eigenvalue weighted by molar-refractivity contribution is -0.115. The highest BCUT2D eigenvalue weighted by Gasteiger charge is 2.18. The summed E-state index contributed by atoms with van der Waals surface area (Å²) in [5, 5.41) is 2.81. The molecule has 4 rings (SSSR count). The Kier molecular flexibility index (Phi) is 5.99. The van der Waals surface area contributed by atoms with Crippen LogP contribution < -0.4 is 10.2 Å². The van der Waals surface area contributed by atoms with Crippen LogP contribution in [0.3, 0.4) is 0 Å². The maximum Gasteiger partial charge on any atom is 0.228 e. The van der Waals surface area contributed by atoms with E-state index in [1.807, 2.05) is 12.1 Å². The number of nitrogens with one attached hydrogen (secondary N) is 1. The van der Waals surface area contributed by atoms with Gasteiger partial charge in [-0.05, 0) is 51.3 Å². The minimum atomic E-state index is -1.94. The second-order valence-electron chi connectivity index (χ2n) is 7.55. The van der Waals surface area contributed by atoms with Crippen molar-refractivity contribution < 1.29 is 13.4 Å². The van der Waals surface area contributed by atoms with Gasteiger partial charge < -0.3 is 10.2 Å². The maximum absolute atomic E-state index is 13.4. The van der Waals surface area contributed by atoms with E-state index in [2.05, 4.69) is 26.1 Å². The van der Waals surface area contributed by atoms with Crippen molar-refractivity contribution >= 4 is 32.8 Å². The van der Waals surface area contributed by atoms with Crippen molar-refractivity contribution in [2.24, 2.45) is 0 Å². The minimum Gasteiger partial charge on any atom is -0.355 e. The highest BCUT2D eigenvalue weighted by molar-refractivity contribution is 8.00. The average molecular weight is 439 g/mol. The van der Waals surface area contributed by atoms with E-state index in [-0.39, 0.29) is 18.1 Å². The Labute approximate surface area is 181 Å². The highest BCUT2D eigenvalue weighted by Crippen LogP contribution is 2.20. The Hall–Kier alpha value is -3.26. The Morgan fingerprint density at radius 2 is 1.90 bits per heavy atom. The molecule has 1 fully saturated rings. The number of carbonyl (C=O) groups excluding carboxylic acids is 1. The van der Waals surface area contributed by atoms with Crippen LogP contribution in [0, 0.1) is 5.82 Å². The van der Waals surface area contributed by atoms with Gasteiger partial charge in [-0.2, -0.15) is 0 Å². The number of anilines is 2. The Morgan fingerprint density at radius 3 is 2.55 bits per heavy atom. The Bertz CT molecular complexity index is 1160. The van der Waals surface area contributed by atoms with Gasteiger partial charge in [-0.3, -0.25) is 14.0 Å². The second kappa shape index (κ2) is 8.85. The maximum atomic E-state index is 13.4. The van der Waals surface area contributed by atoms with Crippen molar-refractivity contribution in [2.75, 3.05) is 34.8 Å². The number of nitrogens with zero attached hydrogens (tertiary/aromatic N) is 3. The normalized spacial score (nSPS) is 15.5. The van der Waals surface area contributed by atoms with Crippen LogP contribution in [0.15, 0.2) is 60.9 Å². The fourth-order valence-corrected chi connectivity index (χ4v) is 4.69. The Balaban J connectivity index is 1.33. The zero-order chi connectivity index (χ0) is 21.8. The van der Waals surface area contributed by atoms with Crippen molar-refractivity contribution in [1.82, 2.24) is 9.97 Å². The van der Waals surface area contributed by atoms with Gasteiger partial charge in [-0.1, -0.05) is 18.2 Å². The number of carbonyl (C=O) groups is 1. The first-order valence-electron chi connectivity index (χ1n) is 9.92. The molecule has 1 aliphatic heterocycles. The summed E-state index contributed by atoms with van der Waals surface area (Å²) in [6, 6.07) is 13.4. The predicted octanol–water partition coefficient (Wildman–Crippen LogP) is 3.00. The topological polar surface area (TPSA) is 75.2 Å². The number of aromatic nitrogens is 2. The third-order valence-electron chi connectivity index (χ3n) is 5.13. The molecular formula is C23H23FN4O2S. The molecule has 0 saturated carbocycles. The number of pyridine rings is 2. The predicted molar refractivity (Wildman–Crippen MR) is 123 cm³/mol. The van der Waals surface area contributed by atoms with Crippen LogP contribution in [0.25, 0.3) is 11.3 Å². The van der Waals surface area contributed by atoms with Crippen LogP contribution in [-0.4, -0.2) is 50.5 Å². The van der Waals surface area contributed by atoms with Gasteiger partial charge in [0.1, 0.15) is 11.6 Å². The minimum absolute atomic E-state index is 0.176. The second-order valence-corrected chi connectivity index (χ2v) is 10.3. The molecule has 3 heterocycles. The molecule has 0 bridgehead atoms. The molecule has 2 aromatic heterocycles. The molecule has 31 heavy (non-hydrogen) atoms. The van der Waals surface area contributed by atoms with Crippen molar-refractivity contribution in [3.05, 3.63) is 72.3 Å². The molecule has 6 nitrogen and oxygen atoms in total. The van der Waals surface area contributed by atoms with Gasteiger partial charge >= 0.3 is 0 Å². The summed E-state index contributed by atoms with van der Waals surface area (Å²) in [5.74, 6) is 5.25. The van der Waals surface area contributed by atoms with E-state index < -0.39 is 9.52 Å². The van der Waals surface area contributed by atoms with Crippen LogP contribution >= 0.6 is 0 Å². The standard InChI is InChI=1S/C23H23FN4O2S/c1-31(30)11-9-28(10-12-31)22-8-5-17(15-26-22)13-23(29)27-20-6-7-21(25-16-20)18-3-2-4-19(24)14-18/h2-8,14-16H,1,9-13H2,(H,27,29). The van der Waals surface area contributed by atoms with Crippen LogP contribution in [0.1, 0.15) is 5.56 Å².